The van der Waals surface area contributed by atoms with Gasteiger partial charge in [0.1, 0.15) is 0 Å². The standard InChI is InChI=1S/C22H27N3OS2/c1-5-27-18-12-10-17(11-13-18)21(26)25(15-7-14-24(3)4)22-23-20-16(2)8-6-9-19(20)28-22/h6,8-13H,5,7,14-15H2,1-4H3. The van der Waals surface area contributed by atoms with Gasteiger partial charge in [-0.25, -0.2) is 4.98 Å². The third-order valence-corrected chi connectivity index (χ3v) is 6.42. The SMILES string of the molecule is CCSc1ccc(C(=O)N(CCCN(C)C)c2nc3c(C)cccc3s2)cc1. The van der Waals surface area contributed by atoms with Gasteiger partial charge in [0, 0.05) is 17.0 Å². The smallest absolute Gasteiger partial charge is 0.260 e. The largest absolute Gasteiger partial charge is 0.309 e. The molecule has 28 heavy (non-hydrogen) atoms. The zero-order valence-electron chi connectivity index (χ0n) is 16.9. The number of aromatic nitrogens is 1. The highest BCUT2D eigenvalue weighted by Crippen LogP contribution is 2.31. The lowest BCUT2D eigenvalue weighted by Crippen LogP contribution is -2.33. The third-order valence-electron chi connectivity index (χ3n) is 4.48. The lowest BCUT2D eigenvalue weighted by Gasteiger charge is -2.21. The van der Waals surface area contributed by atoms with Crippen LogP contribution in [0.15, 0.2) is 47.4 Å². The number of para-hydroxylation sites is 1. The number of carbonyl (C=O) groups excluding carboxylic acids is 1. The van der Waals surface area contributed by atoms with E-state index in [1.807, 2.05) is 35.2 Å². The Hall–Kier alpha value is -1.89. The fraction of sp³-hybridized carbons (Fsp3) is 0.364. The molecule has 0 radical (unpaired) electrons. The molecule has 148 valence electrons. The van der Waals surface area contributed by atoms with Gasteiger partial charge in [-0.15, -0.1) is 11.8 Å². The van der Waals surface area contributed by atoms with Crippen LogP contribution in [0.4, 0.5) is 5.13 Å². The molecule has 0 saturated carbocycles. The molecule has 2 aromatic carbocycles. The van der Waals surface area contributed by atoms with Crippen LogP contribution < -0.4 is 4.90 Å². The topological polar surface area (TPSA) is 36.4 Å². The van der Waals surface area contributed by atoms with Crippen LogP contribution in [-0.2, 0) is 0 Å². The summed E-state index contributed by atoms with van der Waals surface area (Å²) in [5, 5.41) is 0.778. The summed E-state index contributed by atoms with van der Waals surface area (Å²) in [6.45, 7) is 5.78. The molecule has 1 heterocycles. The van der Waals surface area contributed by atoms with Gasteiger partial charge >= 0.3 is 0 Å². The van der Waals surface area contributed by atoms with Crippen LogP contribution in [0.3, 0.4) is 0 Å². The summed E-state index contributed by atoms with van der Waals surface area (Å²) in [4.78, 5) is 23.3. The number of nitrogens with zero attached hydrogens (tertiary/aromatic N) is 3. The van der Waals surface area contributed by atoms with Crippen molar-refractivity contribution in [1.82, 2.24) is 9.88 Å². The van der Waals surface area contributed by atoms with Gasteiger partial charge < -0.3 is 4.90 Å². The molecule has 0 aliphatic heterocycles. The highest BCUT2D eigenvalue weighted by Gasteiger charge is 2.21. The van der Waals surface area contributed by atoms with Gasteiger partial charge in [-0.2, -0.15) is 0 Å². The van der Waals surface area contributed by atoms with Crippen LogP contribution in [0.1, 0.15) is 29.3 Å². The van der Waals surface area contributed by atoms with E-state index in [-0.39, 0.29) is 5.91 Å². The monoisotopic (exact) mass is 413 g/mol. The predicted molar refractivity (Wildman–Crippen MR) is 122 cm³/mol. The number of benzene rings is 2. The molecular formula is C22H27N3OS2. The number of aryl methyl sites for hydroxylation is 1. The molecule has 4 nitrogen and oxygen atoms in total. The maximum Gasteiger partial charge on any atom is 0.260 e. The van der Waals surface area contributed by atoms with Crippen LogP contribution in [0, 0.1) is 6.92 Å². The van der Waals surface area contributed by atoms with E-state index in [9.17, 15) is 4.79 Å². The first-order valence-electron chi connectivity index (χ1n) is 9.55. The van der Waals surface area contributed by atoms with Gasteiger partial charge in [0.15, 0.2) is 5.13 Å². The second-order valence-corrected chi connectivity index (χ2v) is 9.34. The Morgan fingerprint density at radius 2 is 1.86 bits per heavy atom. The van der Waals surface area contributed by atoms with E-state index in [0.717, 1.165) is 39.6 Å². The maximum absolute atomic E-state index is 13.3. The van der Waals surface area contributed by atoms with Gasteiger partial charge in [0.25, 0.3) is 5.91 Å². The van der Waals surface area contributed by atoms with Gasteiger partial charge in [0.2, 0.25) is 0 Å². The van der Waals surface area contributed by atoms with Crippen molar-refractivity contribution in [2.45, 2.75) is 25.2 Å². The Balaban J connectivity index is 1.90. The molecule has 0 unspecified atom stereocenters. The van der Waals surface area contributed by atoms with E-state index in [1.165, 1.54) is 4.90 Å². The lowest BCUT2D eigenvalue weighted by atomic mass is 10.2. The first kappa shape index (κ1) is 20.8. The minimum Gasteiger partial charge on any atom is -0.309 e. The second kappa shape index (κ2) is 9.54. The number of anilines is 1. The van der Waals surface area contributed by atoms with E-state index in [4.69, 9.17) is 4.98 Å². The fourth-order valence-corrected chi connectivity index (χ4v) is 4.77. The summed E-state index contributed by atoms with van der Waals surface area (Å²) in [6, 6.07) is 14.1. The Morgan fingerprint density at radius 1 is 1.11 bits per heavy atom. The van der Waals surface area contributed by atoms with Gasteiger partial charge in [-0.3, -0.25) is 9.69 Å². The van der Waals surface area contributed by atoms with Crippen LogP contribution in [0.5, 0.6) is 0 Å². The lowest BCUT2D eigenvalue weighted by molar-refractivity contribution is 0.0986. The predicted octanol–water partition coefficient (Wildman–Crippen LogP) is 5.32. The van der Waals surface area contributed by atoms with Crippen LogP contribution in [-0.4, -0.2) is 48.7 Å². The Bertz CT molecular complexity index is 935. The van der Waals surface area contributed by atoms with Crippen LogP contribution in [0.25, 0.3) is 10.2 Å². The van der Waals surface area contributed by atoms with Crippen molar-refractivity contribution in [3.05, 3.63) is 53.6 Å². The molecule has 1 amide bonds. The average molecular weight is 414 g/mol. The Labute approximate surface area is 175 Å². The first-order valence-corrected chi connectivity index (χ1v) is 11.4. The number of hydrogen-bond donors (Lipinski definition) is 0. The molecule has 0 spiro atoms. The van der Waals surface area contributed by atoms with Crippen LogP contribution in [0.2, 0.25) is 0 Å². The van der Waals surface area contributed by atoms with E-state index in [2.05, 4.69) is 45.0 Å². The summed E-state index contributed by atoms with van der Waals surface area (Å²) in [6.07, 6.45) is 0.900. The normalized spacial score (nSPS) is 11.3. The van der Waals surface area contributed by atoms with Crippen LogP contribution >= 0.6 is 23.1 Å². The van der Waals surface area contributed by atoms with Crippen molar-refractivity contribution in [3.63, 3.8) is 0 Å². The highest BCUT2D eigenvalue weighted by atomic mass is 32.2. The van der Waals surface area contributed by atoms with Gasteiger partial charge in [-0.05, 0) is 75.6 Å². The van der Waals surface area contributed by atoms with Crippen molar-refractivity contribution in [1.29, 1.82) is 0 Å². The zero-order chi connectivity index (χ0) is 20.1. The molecule has 0 bridgehead atoms. The molecule has 0 N–H and O–H groups in total. The molecule has 0 aliphatic carbocycles. The fourth-order valence-electron chi connectivity index (χ4n) is 3.04. The minimum atomic E-state index is 0.0171. The van der Waals surface area contributed by atoms with Crippen molar-refractivity contribution >= 4 is 44.4 Å². The molecule has 3 rings (SSSR count). The van der Waals surface area contributed by atoms with E-state index < -0.39 is 0 Å². The molecule has 0 saturated heterocycles. The van der Waals surface area contributed by atoms with E-state index >= 15 is 0 Å². The second-order valence-electron chi connectivity index (χ2n) is 6.99. The average Bonchev–Trinajstić information content (AvgIpc) is 3.11. The first-order chi connectivity index (χ1) is 13.5. The summed E-state index contributed by atoms with van der Waals surface area (Å²) >= 11 is 3.37. The molecular weight excluding hydrogens is 386 g/mol. The van der Waals surface area contributed by atoms with Gasteiger partial charge in [-0.1, -0.05) is 30.4 Å². The molecule has 6 heteroatoms. The number of rotatable bonds is 8. The zero-order valence-corrected chi connectivity index (χ0v) is 18.6. The summed E-state index contributed by atoms with van der Waals surface area (Å²) in [5.74, 6) is 1.04. The summed E-state index contributed by atoms with van der Waals surface area (Å²) < 4.78 is 1.12. The van der Waals surface area contributed by atoms with E-state index in [0.29, 0.717) is 12.1 Å². The minimum absolute atomic E-state index is 0.0171. The molecule has 0 fully saturated rings. The number of thioether (sulfide) groups is 1. The van der Waals surface area contributed by atoms with E-state index in [1.54, 1.807) is 23.1 Å². The van der Waals surface area contributed by atoms with Crippen molar-refractivity contribution < 1.29 is 4.79 Å². The Kier molecular flexibility index (Phi) is 7.10. The van der Waals surface area contributed by atoms with Gasteiger partial charge in [0.05, 0.1) is 10.2 Å². The summed E-state index contributed by atoms with van der Waals surface area (Å²) in [5.41, 5.74) is 2.84. The van der Waals surface area contributed by atoms with Crippen molar-refractivity contribution in [2.24, 2.45) is 0 Å². The maximum atomic E-state index is 13.3. The number of carbonyl (C=O) groups is 1. The van der Waals surface area contributed by atoms with Crippen molar-refractivity contribution in [3.8, 4) is 0 Å². The highest BCUT2D eigenvalue weighted by molar-refractivity contribution is 7.99. The Morgan fingerprint density at radius 3 is 2.50 bits per heavy atom. The molecule has 0 aliphatic rings. The molecule has 0 atom stereocenters. The number of fused-ring (bicyclic) bond motifs is 1. The number of hydrogen-bond acceptors (Lipinski definition) is 5. The third kappa shape index (κ3) is 4.93. The number of amides is 1. The quantitative estimate of drug-likeness (QED) is 0.469. The molecule has 1 aromatic heterocycles. The molecule has 3 aromatic rings. The number of thiazole rings is 1. The van der Waals surface area contributed by atoms with Crippen molar-refractivity contribution in [2.75, 3.05) is 37.8 Å². The summed E-state index contributed by atoms with van der Waals surface area (Å²) in [7, 11) is 4.11.